The van der Waals surface area contributed by atoms with Gasteiger partial charge in [-0.2, -0.15) is 0 Å². The number of carbonyl (C=O) groups is 1. The van der Waals surface area contributed by atoms with Gasteiger partial charge in [-0.05, 0) is 49.4 Å². The largest absolute Gasteiger partial charge is 0.463 e. The first-order chi connectivity index (χ1) is 9.56. The van der Waals surface area contributed by atoms with Crippen molar-refractivity contribution in [1.29, 1.82) is 0 Å². The summed E-state index contributed by atoms with van der Waals surface area (Å²) in [5.41, 5.74) is 1.69. The van der Waals surface area contributed by atoms with Crippen molar-refractivity contribution in [3.8, 4) is 0 Å². The molecule has 0 fully saturated rings. The fourth-order valence-electron chi connectivity index (χ4n) is 2.09. The van der Waals surface area contributed by atoms with E-state index in [0.29, 0.717) is 5.76 Å². The minimum absolute atomic E-state index is 0.122. The molecule has 0 saturated heterocycles. The van der Waals surface area contributed by atoms with Crippen LogP contribution in [-0.4, -0.2) is 20.1 Å². The highest BCUT2D eigenvalue weighted by molar-refractivity contribution is 5.86. The number of hydrogen-bond acceptors (Lipinski definition) is 4. The fourth-order valence-corrected chi connectivity index (χ4v) is 2.09. The van der Waals surface area contributed by atoms with Crippen molar-refractivity contribution in [2.45, 2.75) is 13.0 Å². The average Bonchev–Trinajstić information content (AvgIpc) is 2.92. The molecule has 4 nitrogen and oxygen atoms in total. The van der Waals surface area contributed by atoms with Gasteiger partial charge in [-0.25, -0.2) is 9.18 Å². The lowest BCUT2D eigenvalue weighted by Gasteiger charge is -2.16. The van der Waals surface area contributed by atoms with Crippen molar-refractivity contribution in [3.63, 3.8) is 0 Å². The molecule has 20 heavy (non-hydrogen) atoms. The predicted octanol–water partition coefficient (Wildman–Crippen LogP) is 2.82. The maximum Gasteiger partial charge on any atom is 0.373 e. The number of halogens is 1. The van der Waals surface area contributed by atoms with Gasteiger partial charge in [0.15, 0.2) is 0 Å². The molecule has 0 amide bonds. The Morgan fingerprint density at radius 2 is 2.10 bits per heavy atom. The van der Waals surface area contributed by atoms with E-state index in [4.69, 9.17) is 4.42 Å². The summed E-state index contributed by atoms with van der Waals surface area (Å²) in [4.78, 5) is 11.4. The summed E-state index contributed by atoms with van der Waals surface area (Å²) in [6.45, 7) is 1.89. The zero-order valence-electron chi connectivity index (χ0n) is 11.6. The van der Waals surface area contributed by atoms with Crippen molar-refractivity contribution in [2.75, 3.05) is 14.2 Å². The second kappa shape index (κ2) is 5.88. The number of rotatable bonds is 4. The first-order valence-corrected chi connectivity index (χ1v) is 6.18. The highest BCUT2D eigenvalue weighted by Crippen LogP contribution is 2.27. The van der Waals surface area contributed by atoms with E-state index in [2.05, 4.69) is 10.1 Å². The molecule has 0 saturated carbocycles. The highest BCUT2D eigenvalue weighted by atomic mass is 19.1. The van der Waals surface area contributed by atoms with Crippen LogP contribution in [0.25, 0.3) is 0 Å². The molecule has 5 heteroatoms. The highest BCUT2D eigenvalue weighted by Gasteiger charge is 2.20. The molecular weight excluding hydrogens is 261 g/mol. The van der Waals surface area contributed by atoms with E-state index in [1.54, 1.807) is 25.2 Å². The Bertz CT molecular complexity index is 621. The molecule has 1 N–H and O–H groups in total. The molecule has 2 rings (SSSR count). The van der Waals surface area contributed by atoms with Crippen molar-refractivity contribution >= 4 is 5.97 Å². The summed E-state index contributed by atoms with van der Waals surface area (Å²) < 4.78 is 23.5. The Labute approximate surface area is 116 Å². The summed E-state index contributed by atoms with van der Waals surface area (Å²) in [7, 11) is 3.03. The number of benzene rings is 1. The number of esters is 1. The first kappa shape index (κ1) is 14.3. The van der Waals surface area contributed by atoms with E-state index in [9.17, 15) is 9.18 Å². The number of hydrogen-bond donors (Lipinski definition) is 1. The number of methoxy groups -OCH3 is 1. The smallest absolute Gasteiger partial charge is 0.373 e. The van der Waals surface area contributed by atoms with Crippen LogP contribution in [0.2, 0.25) is 0 Å². The third kappa shape index (κ3) is 2.72. The van der Waals surface area contributed by atoms with Crippen molar-refractivity contribution in [3.05, 3.63) is 58.8 Å². The second-order valence-electron chi connectivity index (χ2n) is 4.42. The van der Waals surface area contributed by atoms with Crippen LogP contribution in [0, 0.1) is 12.7 Å². The van der Waals surface area contributed by atoms with E-state index >= 15 is 0 Å². The second-order valence-corrected chi connectivity index (χ2v) is 4.42. The SMILES string of the molecule is CNC(c1ccc(C(=O)OC)o1)c1cc(F)ccc1C. The van der Waals surface area contributed by atoms with Crippen molar-refractivity contribution in [2.24, 2.45) is 0 Å². The van der Waals surface area contributed by atoms with Crippen LogP contribution >= 0.6 is 0 Å². The van der Waals surface area contributed by atoms with Crippen LogP contribution in [0.1, 0.15) is 33.5 Å². The first-order valence-electron chi connectivity index (χ1n) is 6.18. The lowest BCUT2D eigenvalue weighted by molar-refractivity contribution is 0.0562. The molecule has 1 unspecified atom stereocenters. The number of furan rings is 1. The Hall–Kier alpha value is -2.14. The summed E-state index contributed by atoms with van der Waals surface area (Å²) in [5.74, 6) is -0.203. The molecule has 2 aromatic rings. The average molecular weight is 277 g/mol. The zero-order chi connectivity index (χ0) is 14.7. The van der Waals surface area contributed by atoms with Crippen molar-refractivity contribution < 1.29 is 18.3 Å². The van der Waals surface area contributed by atoms with E-state index in [0.717, 1.165) is 11.1 Å². The van der Waals surface area contributed by atoms with Crippen LogP contribution in [-0.2, 0) is 4.74 Å². The van der Waals surface area contributed by atoms with Crippen LogP contribution in [0.5, 0.6) is 0 Å². The summed E-state index contributed by atoms with van der Waals surface area (Å²) in [5, 5.41) is 3.06. The van der Waals surface area contributed by atoms with Crippen LogP contribution in [0.4, 0.5) is 4.39 Å². The standard InChI is InChI=1S/C15H16FNO3/c1-9-4-5-10(16)8-11(9)14(17-2)12-6-7-13(20-12)15(18)19-3/h4-8,14,17H,1-3H3. The molecule has 0 aliphatic heterocycles. The van der Waals surface area contributed by atoms with Gasteiger partial charge in [0.1, 0.15) is 11.6 Å². The normalized spacial score (nSPS) is 12.2. The van der Waals surface area contributed by atoms with Gasteiger partial charge in [0.05, 0.1) is 13.2 Å². The molecule has 1 aromatic carbocycles. The number of nitrogens with one attached hydrogen (secondary N) is 1. The monoisotopic (exact) mass is 277 g/mol. The van der Waals surface area contributed by atoms with E-state index < -0.39 is 5.97 Å². The molecule has 0 spiro atoms. The quantitative estimate of drug-likeness (QED) is 0.873. The summed E-state index contributed by atoms with van der Waals surface area (Å²) in [6, 6.07) is 7.46. The molecule has 1 aromatic heterocycles. The third-order valence-corrected chi connectivity index (χ3v) is 3.14. The molecule has 0 bridgehead atoms. The van der Waals surface area contributed by atoms with Gasteiger partial charge in [-0.1, -0.05) is 6.07 Å². The maximum absolute atomic E-state index is 13.4. The van der Waals surface area contributed by atoms with Gasteiger partial charge in [0, 0.05) is 0 Å². The number of aryl methyl sites for hydroxylation is 1. The minimum Gasteiger partial charge on any atom is -0.463 e. The van der Waals surface area contributed by atoms with E-state index in [1.165, 1.54) is 19.2 Å². The maximum atomic E-state index is 13.4. The molecule has 1 heterocycles. The molecule has 0 aliphatic rings. The van der Waals surface area contributed by atoms with Gasteiger partial charge < -0.3 is 14.5 Å². The van der Waals surface area contributed by atoms with Crippen molar-refractivity contribution in [1.82, 2.24) is 5.32 Å². The zero-order valence-corrected chi connectivity index (χ0v) is 11.6. The topological polar surface area (TPSA) is 51.5 Å². The van der Waals surface area contributed by atoms with Crippen LogP contribution in [0.15, 0.2) is 34.7 Å². The Kier molecular flexibility index (Phi) is 4.20. The molecule has 1 atom stereocenters. The summed E-state index contributed by atoms with van der Waals surface area (Å²) in [6.07, 6.45) is 0. The van der Waals surface area contributed by atoms with Gasteiger partial charge in [-0.3, -0.25) is 0 Å². The van der Waals surface area contributed by atoms with E-state index in [1.807, 2.05) is 6.92 Å². The fraction of sp³-hybridized carbons (Fsp3) is 0.267. The Morgan fingerprint density at radius 3 is 2.75 bits per heavy atom. The molecular formula is C15H16FNO3. The predicted molar refractivity (Wildman–Crippen MR) is 72.1 cm³/mol. The molecule has 0 radical (unpaired) electrons. The Morgan fingerprint density at radius 1 is 1.35 bits per heavy atom. The lowest BCUT2D eigenvalue weighted by atomic mass is 9.99. The summed E-state index contributed by atoms with van der Waals surface area (Å²) >= 11 is 0. The lowest BCUT2D eigenvalue weighted by Crippen LogP contribution is -2.18. The van der Waals surface area contributed by atoms with Gasteiger partial charge in [0.2, 0.25) is 5.76 Å². The Balaban J connectivity index is 2.39. The van der Waals surface area contributed by atoms with Gasteiger partial charge >= 0.3 is 5.97 Å². The molecule has 0 aliphatic carbocycles. The van der Waals surface area contributed by atoms with Gasteiger partial charge in [0.25, 0.3) is 0 Å². The van der Waals surface area contributed by atoms with Gasteiger partial charge in [-0.15, -0.1) is 0 Å². The third-order valence-electron chi connectivity index (χ3n) is 3.14. The minimum atomic E-state index is -0.540. The molecule has 106 valence electrons. The number of carbonyl (C=O) groups excluding carboxylic acids is 1. The van der Waals surface area contributed by atoms with E-state index in [-0.39, 0.29) is 17.6 Å². The van der Waals surface area contributed by atoms with Crippen LogP contribution in [0.3, 0.4) is 0 Å². The number of ether oxygens (including phenoxy) is 1. The van der Waals surface area contributed by atoms with Crippen LogP contribution < -0.4 is 5.32 Å².